The van der Waals surface area contributed by atoms with Gasteiger partial charge in [-0.1, -0.05) is 12.1 Å². The van der Waals surface area contributed by atoms with Crippen molar-refractivity contribution < 1.29 is 9.15 Å². The Morgan fingerprint density at radius 3 is 2.57 bits per heavy atom. The lowest BCUT2D eigenvalue weighted by molar-refractivity contribution is 0.415. The van der Waals surface area contributed by atoms with E-state index in [0.717, 1.165) is 33.5 Å². The number of aromatic nitrogens is 2. The first-order chi connectivity index (χ1) is 11.2. The van der Waals surface area contributed by atoms with Gasteiger partial charge in [-0.05, 0) is 43.3 Å². The molecule has 0 saturated carbocycles. The molecule has 0 aliphatic carbocycles. The molecule has 0 aliphatic rings. The Morgan fingerprint density at radius 2 is 1.83 bits per heavy atom. The van der Waals surface area contributed by atoms with Crippen LogP contribution in [0.25, 0.3) is 27.7 Å². The average Bonchev–Trinajstić information content (AvgIpc) is 2.94. The van der Waals surface area contributed by atoms with E-state index in [9.17, 15) is 4.79 Å². The molecule has 4 rings (SSSR count). The van der Waals surface area contributed by atoms with Crippen molar-refractivity contribution in [1.29, 1.82) is 0 Å². The van der Waals surface area contributed by atoms with Crippen LogP contribution in [0.4, 0.5) is 0 Å². The Hall–Kier alpha value is -3.08. The number of methoxy groups -OCH3 is 1. The fourth-order valence-electron chi connectivity index (χ4n) is 2.86. The van der Waals surface area contributed by atoms with E-state index in [4.69, 9.17) is 9.15 Å². The average molecular weight is 306 g/mol. The molecule has 5 nitrogen and oxygen atoms in total. The van der Waals surface area contributed by atoms with Gasteiger partial charge in [-0.25, -0.2) is 4.79 Å². The first kappa shape index (κ1) is 13.6. The molecule has 0 atom stereocenters. The number of ether oxygens (including phenoxy) is 1. The molecule has 2 heterocycles. The zero-order valence-electron chi connectivity index (χ0n) is 12.7. The predicted molar refractivity (Wildman–Crippen MR) is 88.0 cm³/mol. The molecule has 0 unspecified atom stereocenters. The maximum atomic E-state index is 12.2. The molecule has 0 N–H and O–H groups in total. The number of para-hydroxylation sites is 1. The van der Waals surface area contributed by atoms with Crippen LogP contribution < -0.4 is 10.5 Å². The predicted octanol–water partition coefficient (Wildman–Crippen LogP) is 3.42. The van der Waals surface area contributed by atoms with Crippen LogP contribution in [0.3, 0.4) is 0 Å². The molecule has 0 radical (unpaired) electrons. The van der Waals surface area contributed by atoms with Crippen LogP contribution in [0.2, 0.25) is 0 Å². The number of aryl methyl sites for hydroxylation is 1. The van der Waals surface area contributed by atoms with Crippen LogP contribution in [-0.4, -0.2) is 16.7 Å². The van der Waals surface area contributed by atoms with Crippen molar-refractivity contribution in [2.75, 3.05) is 7.11 Å². The van der Waals surface area contributed by atoms with Gasteiger partial charge in [0.1, 0.15) is 11.3 Å². The van der Waals surface area contributed by atoms with Crippen molar-refractivity contribution >= 4 is 16.5 Å². The van der Waals surface area contributed by atoms with E-state index < -0.39 is 5.76 Å². The van der Waals surface area contributed by atoms with E-state index in [1.54, 1.807) is 13.2 Å². The maximum Gasteiger partial charge on any atom is 0.440 e. The molecule has 0 spiro atoms. The van der Waals surface area contributed by atoms with Gasteiger partial charge in [-0.2, -0.15) is 9.61 Å². The van der Waals surface area contributed by atoms with Crippen molar-refractivity contribution in [1.82, 2.24) is 9.61 Å². The number of benzene rings is 2. The number of nitrogens with zero attached hydrogens (tertiary/aromatic N) is 2. The van der Waals surface area contributed by atoms with Crippen molar-refractivity contribution in [2.24, 2.45) is 0 Å². The largest absolute Gasteiger partial charge is 0.497 e. The zero-order valence-corrected chi connectivity index (χ0v) is 12.7. The molecule has 0 amide bonds. The minimum absolute atomic E-state index is 0.485. The van der Waals surface area contributed by atoms with E-state index in [1.807, 2.05) is 49.4 Å². The van der Waals surface area contributed by atoms with Gasteiger partial charge in [0.25, 0.3) is 0 Å². The zero-order chi connectivity index (χ0) is 16.0. The molecule has 0 saturated heterocycles. The van der Waals surface area contributed by atoms with Crippen LogP contribution in [0.1, 0.15) is 5.56 Å². The van der Waals surface area contributed by atoms with Crippen molar-refractivity contribution in [3.8, 4) is 17.0 Å². The first-order valence-corrected chi connectivity index (χ1v) is 7.24. The minimum Gasteiger partial charge on any atom is -0.497 e. The Balaban J connectivity index is 2.05. The highest BCUT2D eigenvalue weighted by Crippen LogP contribution is 2.29. The summed E-state index contributed by atoms with van der Waals surface area (Å²) in [6, 6.07) is 15.1. The third-order valence-electron chi connectivity index (χ3n) is 4.00. The minimum atomic E-state index is -0.485. The summed E-state index contributed by atoms with van der Waals surface area (Å²) in [6.45, 7) is 1.97. The molecule has 23 heavy (non-hydrogen) atoms. The molecule has 0 aliphatic heterocycles. The van der Waals surface area contributed by atoms with Gasteiger partial charge in [-0.15, -0.1) is 0 Å². The molecule has 2 aromatic heterocycles. The maximum absolute atomic E-state index is 12.2. The van der Waals surface area contributed by atoms with Crippen LogP contribution in [-0.2, 0) is 0 Å². The molecule has 0 bridgehead atoms. The second-order valence-corrected chi connectivity index (χ2v) is 5.33. The Labute approximate surface area is 131 Å². The van der Waals surface area contributed by atoms with Crippen LogP contribution in [0.15, 0.2) is 57.7 Å². The van der Waals surface area contributed by atoms with Gasteiger partial charge in [0, 0.05) is 16.5 Å². The highest BCUT2D eigenvalue weighted by Gasteiger charge is 2.16. The summed E-state index contributed by atoms with van der Waals surface area (Å²) in [5, 5.41) is 5.33. The van der Waals surface area contributed by atoms with Gasteiger partial charge >= 0.3 is 5.76 Å². The molecule has 4 aromatic rings. The Bertz CT molecular complexity index is 1080. The third kappa shape index (κ3) is 2.01. The topological polar surface area (TPSA) is 56.7 Å². The SMILES string of the molecule is COc1ccc(-c2nn3c(=O)oc4ccccc4c3c2C)cc1. The van der Waals surface area contributed by atoms with Crippen LogP contribution in [0.5, 0.6) is 5.75 Å². The summed E-state index contributed by atoms with van der Waals surface area (Å²) in [4.78, 5) is 12.2. The van der Waals surface area contributed by atoms with E-state index in [1.165, 1.54) is 4.52 Å². The Morgan fingerprint density at radius 1 is 1.09 bits per heavy atom. The Kier molecular flexibility index (Phi) is 2.94. The van der Waals surface area contributed by atoms with Crippen molar-refractivity contribution in [3.63, 3.8) is 0 Å². The molecule has 5 heteroatoms. The van der Waals surface area contributed by atoms with Gasteiger partial charge < -0.3 is 9.15 Å². The monoisotopic (exact) mass is 306 g/mol. The van der Waals surface area contributed by atoms with Gasteiger partial charge in [0.05, 0.1) is 18.3 Å². The molecular weight excluding hydrogens is 292 g/mol. The standard InChI is InChI=1S/C18H14N2O3/c1-11-16(12-7-9-13(22-2)10-8-12)19-20-17(11)14-5-3-4-6-15(14)23-18(20)21/h3-10H,1-2H3. The molecular formula is C18H14N2O3. The lowest BCUT2D eigenvalue weighted by Crippen LogP contribution is -2.12. The molecule has 2 aromatic carbocycles. The van der Waals surface area contributed by atoms with Crippen molar-refractivity contribution in [2.45, 2.75) is 6.92 Å². The summed E-state index contributed by atoms with van der Waals surface area (Å²) < 4.78 is 11.9. The summed E-state index contributed by atoms with van der Waals surface area (Å²) >= 11 is 0. The summed E-state index contributed by atoms with van der Waals surface area (Å²) in [6.07, 6.45) is 0. The van der Waals surface area contributed by atoms with Crippen LogP contribution >= 0.6 is 0 Å². The van der Waals surface area contributed by atoms with E-state index >= 15 is 0 Å². The number of rotatable bonds is 2. The van der Waals surface area contributed by atoms with E-state index in [2.05, 4.69) is 5.10 Å². The lowest BCUT2D eigenvalue weighted by atomic mass is 10.1. The fraction of sp³-hybridized carbons (Fsp3) is 0.111. The summed E-state index contributed by atoms with van der Waals surface area (Å²) in [5.74, 6) is 0.293. The number of fused-ring (bicyclic) bond motifs is 3. The quantitative estimate of drug-likeness (QED) is 0.569. The first-order valence-electron chi connectivity index (χ1n) is 7.24. The smallest absolute Gasteiger partial charge is 0.440 e. The third-order valence-corrected chi connectivity index (χ3v) is 4.00. The van der Waals surface area contributed by atoms with E-state index in [-0.39, 0.29) is 0 Å². The second-order valence-electron chi connectivity index (χ2n) is 5.33. The molecule has 114 valence electrons. The lowest BCUT2D eigenvalue weighted by Gasteiger charge is -2.01. The summed E-state index contributed by atoms with van der Waals surface area (Å²) in [7, 11) is 1.63. The van der Waals surface area contributed by atoms with Crippen molar-refractivity contribution in [3.05, 3.63) is 64.6 Å². The van der Waals surface area contributed by atoms with Gasteiger partial charge in [0.15, 0.2) is 0 Å². The molecule has 0 fully saturated rings. The number of hydrogen-bond donors (Lipinski definition) is 0. The summed E-state index contributed by atoms with van der Waals surface area (Å²) in [5.41, 5.74) is 3.98. The van der Waals surface area contributed by atoms with E-state index in [0.29, 0.717) is 5.58 Å². The highest BCUT2D eigenvalue weighted by molar-refractivity contribution is 5.95. The van der Waals surface area contributed by atoms with Gasteiger partial charge in [-0.3, -0.25) is 0 Å². The second kappa shape index (κ2) is 4.98. The van der Waals surface area contributed by atoms with Gasteiger partial charge in [0.2, 0.25) is 0 Å². The number of hydrogen-bond acceptors (Lipinski definition) is 4. The fourth-order valence-corrected chi connectivity index (χ4v) is 2.86. The normalized spacial score (nSPS) is 11.2. The van der Waals surface area contributed by atoms with Crippen LogP contribution in [0, 0.1) is 6.92 Å². The highest BCUT2D eigenvalue weighted by atomic mass is 16.5.